The number of hydrogen-bond donors (Lipinski definition) is 1. The first-order valence-corrected chi connectivity index (χ1v) is 2.39. The SMILES string of the molecule is N#Cc1ncc(F)[nH]c1=O. The maximum atomic E-state index is 12.1. The lowest BCUT2D eigenvalue weighted by molar-refractivity contribution is 0.571. The van der Waals surface area contributed by atoms with E-state index in [2.05, 4.69) is 4.98 Å². The smallest absolute Gasteiger partial charge is 0.286 e. The van der Waals surface area contributed by atoms with Crippen molar-refractivity contribution in [3.63, 3.8) is 0 Å². The number of nitrogens with one attached hydrogen (secondary N) is 1. The Morgan fingerprint density at radius 1 is 1.80 bits per heavy atom. The van der Waals surface area contributed by atoms with Crippen LogP contribution in [0, 0.1) is 17.3 Å². The van der Waals surface area contributed by atoms with Crippen LogP contribution in [0.3, 0.4) is 0 Å². The molecule has 0 unspecified atom stereocenters. The Hall–Kier alpha value is -1.70. The quantitative estimate of drug-likeness (QED) is 0.540. The second-order valence-electron chi connectivity index (χ2n) is 1.52. The average molecular weight is 139 g/mol. The van der Waals surface area contributed by atoms with Crippen molar-refractivity contribution in [1.29, 1.82) is 5.26 Å². The highest BCUT2D eigenvalue weighted by molar-refractivity contribution is 5.14. The highest BCUT2D eigenvalue weighted by Gasteiger charge is 1.98. The van der Waals surface area contributed by atoms with Crippen LogP contribution in [0.15, 0.2) is 11.0 Å². The van der Waals surface area contributed by atoms with Crippen molar-refractivity contribution in [3.8, 4) is 6.07 Å². The molecule has 50 valence electrons. The maximum absolute atomic E-state index is 12.1. The summed E-state index contributed by atoms with van der Waals surface area (Å²) < 4.78 is 12.1. The molecule has 1 aromatic heterocycles. The lowest BCUT2D eigenvalue weighted by Gasteiger charge is -1.85. The Labute approximate surface area is 55.0 Å². The summed E-state index contributed by atoms with van der Waals surface area (Å²) in [4.78, 5) is 15.5. The van der Waals surface area contributed by atoms with E-state index in [1.807, 2.05) is 0 Å². The molecule has 1 N–H and O–H groups in total. The number of nitriles is 1. The predicted octanol–water partition coefficient (Wildman–Crippen LogP) is -0.219. The van der Waals surface area contributed by atoms with E-state index in [9.17, 15) is 9.18 Å². The fraction of sp³-hybridized carbons (Fsp3) is 0. The molecule has 0 fully saturated rings. The van der Waals surface area contributed by atoms with Gasteiger partial charge in [-0.05, 0) is 0 Å². The van der Waals surface area contributed by atoms with E-state index in [1.165, 1.54) is 6.07 Å². The second kappa shape index (κ2) is 2.27. The van der Waals surface area contributed by atoms with Crippen molar-refractivity contribution in [1.82, 2.24) is 9.97 Å². The molecular weight excluding hydrogens is 137 g/mol. The molecule has 0 bridgehead atoms. The van der Waals surface area contributed by atoms with Crippen molar-refractivity contribution in [2.75, 3.05) is 0 Å². The first kappa shape index (κ1) is 6.42. The number of aromatic amines is 1. The first-order valence-electron chi connectivity index (χ1n) is 2.39. The molecule has 0 aliphatic heterocycles. The van der Waals surface area contributed by atoms with E-state index in [1.54, 1.807) is 4.98 Å². The van der Waals surface area contributed by atoms with Crippen LogP contribution in [-0.4, -0.2) is 9.97 Å². The van der Waals surface area contributed by atoms with E-state index in [4.69, 9.17) is 5.26 Å². The van der Waals surface area contributed by atoms with Crippen molar-refractivity contribution in [2.24, 2.45) is 0 Å². The monoisotopic (exact) mass is 139 g/mol. The largest absolute Gasteiger partial charge is 0.295 e. The number of rotatable bonds is 0. The van der Waals surface area contributed by atoms with Crippen LogP contribution in [-0.2, 0) is 0 Å². The Balaban J connectivity index is 3.38. The van der Waals surface area contributed by atoms with Gasteiger partial charge in [-0.2, -0.15) is 9.65 Å². The molecule has 0 amide bonds. The molecule has 0 aliphatic carbocycles. The minimum absolute atomic E-state index is 0.332. The summed E-state index contributed by atoms with van der Waals surface area (Å²) in [5.74, 6) is -0.844. The molecule has 1 aromatic rings. The fourth-order valence-electron chi connectivity index (χ4n) is 0.459. The van der Waals surface area contributed by atoms with Gasteiger partial charge in [-0.3, -0.25) is 9.78 Å². The third-order valence-corrected chi connectivity index (χ3v) is 0.861. The number of H-pyrrole nitrogens is 1. The number of aromatic nitrogens is 2. The first-order chi connectivity index (χ1) is 4.74. The summed E-state index contributed by atoms with van der Waals surface area (Å²) in [6.45, 7) is 0. The van der Waals surface area contributed by atoms with Crippen LogP contribution in [0.5, 0.6) is 0 Å². The highest BCUT2D eigenvalue weighted by atomic mass is 19.1. The van der Waals surface area contributed by atoms with Crippen LogP contribution in [0.4, 0.5) is 4.39 Å². The molecule has 0 aliphatic rings. The molecule has 10 heavy (non-hydrogen) atoms. The summed E-state index contributed by atoms with van der Waals surface area (Å²) in [6.07, 6.45) is 0.778. The Bertz CT molecular complexity index is 337. The predicted molar refractivity (Wildman–Crippen MR) is 29.5 cm³/mol. The van der Waals surface area contributed by atoms with Crippen molar-refractivity contribution < 1.29 is 4.39 Å². The lowest BCUT2D eigenvalue weighted by Crippen LogP contribution is -2.13. The Morgan fingerprint density at radius 3 is 3.00 bits per heavy atom. The van der Waals surface area contributed by atoms with E-state index in [-0.39, 0.29) is 5.69 Å². The molecule has 0 saturated carbocycles. The fourth-order valence-corrected chi connectivity index (χ4v) is 0.459. The van der Waals surface area contributed by atoms with Gasteiger partial charge in [-0.25, -0.2) is 4.98 Å². The zero-order valence-electron chi connectivity index (χ0n) is 4.76. The summed E-state index contributed by atoms with van der Waals surface area (Å²) in [7, 11) is 0. The normalized spacial score (nSPS) is 8.80. The molecule has 4 nitrogen and oxygen atoms in total. The van der Waals surface area contributed by atoms with Crippen LogP contribution in [0.25, 0.3) is 0 Å². The molecule has 0 aromatic carbocycles. The summed E-state index contributed by atoms with van der Waals surface area (Å²) in [6, 6.07) is 1.50. The van der Waals surface area contributed by atoms with Gasteiger partial charge in [-0.15, -0.1) is 0 Å². The van der Waals surface area contributed by atoms with Crippen molar-refractivity contribution >= 4 is 0 Å². The molecule has 1 heterocycles. The lowest BCUT2D eigenvalue weighted by atomic mass is 10.5. The Morgan fingerprint density at radius 2 is 2.50 bits per heavy atom. The molecule has 1 rings (SSSR count). The summed E-state index contributed by atoms with van der Waals surface area (Å²) in [5.41, 5.74) is -1.14. The van der Waals surface area contributed by atoms with Gasteiger partial charge in [0.25, 0.3) is 5.56 Å². The molecule has 5 heteroatoms. The standard InChI is InChI=1S/C5H2FN3O/c6-4-2-8-3(1-7)5(10)9-4/h2H,(H,9,10). The molecule has 0 radical (unpaired) electrons. The average Bonchev–Trinajstić information content (AvgIpc) is 1.88. The van der Waals surface area contributed by atoms with Crippen LogP contribution >= 0.6 is 0 Å². The van der Waals surface area contributed by atoms with Crippen LogP contribution in [0.2, 0.25) is 0 Å². The number of nitrogens with zero attached hydrogens (tertiary/aromatic N) is 2. The van der Waals surface area contributed by atoms with Gasteiger partial charge in [0.05, 0.1) is 6.20 Å². The molecule has 0 saturated heterocycles. The van der Waals surface area contributed by atoms with Gasteiger partial charge < -0.3 is 0 Å². The number of halogens is 1. The molecule has 0 atom stereocenters. The zero-order valence-corrected chi connectivity index (χ0v) is 4.76. The molecular formula is C5H2FN3O. The van der Waals surface area contributed by atoms with E-state index >= 15 is 0 Å². The Kier molecular flexibility index (Phi) is 1.46. The van der Waals surface area contributed by atoms with Crippen molar-refractivity contribution in [2.45, 2.75) is 0 Å². The minimum Gasteiger partial charge on any atom is -0.295 e. The highest BCUT2D eigenvalue weighted by Crippen LogP contribution is 1.83. The zero-order chi connectivity index (χ0) is 7.56. The van der Waals surface area contributed by atoms with E-state index < -0.39 is 11.5 Å². The van der Waals surface area contributed by atoms with Gasteiger partial charge in [0.2, 0.25) is 11.6 Å². The van der Waals surface area contributed by atoms with Gasteiger partial charge >= 0.3 is 0 Å². The third-order valence-electron chi connectivity index (χ3n) is 0.861. The summed E-state index contributed by atoms with van der Waals surface area (Å²) >= 11 is 0. The second-order valence-corrected chi connectivity index (χ2v) is 1.52. The summed E-state index contributed by atoms with van der Waals surface area (Å²) in [5, 5.41) is 8.15. The van der Waals surface area contributed by atoms with Crippen LogP contribution in [0.1, 0.15) is 5.69 Å². The topological polar surface area (TPSA) is 69.5 Å². The third kappa shape index (κ3) is 1.00. The van der Waals surface area contributed by atoms with Gasteiger partial charge in [-0.1, -0.05) is 0 Å². The van der Waals surface area contributed by atoms with Gasteiger partial charge in [0.1, 0.15) is 6.07 Å². The maximum Gasteiger partial charge on any atom is 0.286 e. The minimum atomic E-state index is -0.844. The van der Waals surface area contributed by atoms with Crippen molar-refractivity contribution in [3.05, 3.63) is 28.2 Å². The number of hydrogen-bond acceptors (Lipinski definition) is 3. The van der Waals surface area contributed by atoms with E-state index in [0.29, 0.717) is 0 Å². The van der Waals surface area contributed by atoms with Gasteiger partial charge in [0.15, 0.2) is 0 Å². The van der Waals surface area contributed by atoms with E-state index in [0.717, 1.165) is 6.20 Å². The van der Waals surface area contributed by atoms with Crippen LogP contribution < -0.4 is 5.56 Å². The molecule has 0 spiro atoms. The van der Waals surface area contributed by atoms with Gasteiger partial charge in [0, 0.05) is 0 Å².